The highest BCUT2D eigenvalue weighted by Gasteiger charge is 2.55. The van der Waals surface area contributed by atoms with Gasteiger partial charge in [0.25, 0.3) is 30.0 Å². The molecule has 1 rings (SSSR count). The van der Waals surface area contributed by atoms with Crippen molar-refractivity contribution in [3.8, 4) is 0 Å². The van der Waals surface area contributed by atoms with Gasteiger partial charge in [0.1, 0.15) is 0 Å². The molecule has 252 valence electrons. The van der Waals surface area contributed by atoms with Gasteiger partial charge in [0.05, 0.1) is 0 Å². The minimum Gasteiger partial charge on any atom is -0.425 e. The lowest BCUT2D eigenvalue weighted by molar-refractivity contribution is 0.236. The Morgan fingerprint density at radius 2 is 0.833 bits per heavy atom. The van der Waals surface area contributed by atoms with Crippen LogP contribution in [0.3, 0.4) is 0 Å². The van der Waals surface area contributed by atoms with Crippen LogP contribution in [0, 0.1) is 41.4 Å². The molecule has 0 aromatic rings. The normalized spacial score (nSPS) is 24.4. The van der Waals surface area contributed by atoms with Crippen LogP contribution in [0.2, 0.25) is 42.3 Å². The molecule has 0 aromatic heterocycles. The monoisotopic (exact) mass is 714 g/mol. The van der Waals surface area contributed by atoms with Crippen molar-refractivity contribution in [1.82, 2.24) is 0 Å². The van der Waals surface area contributed by atoms with E-state index in [4.69, 9.17) is 28.8 Å². The van der Waals surface area contributed by atoms with Crippen LogP contribution in [0.1, 0.15) is 96.9 Å². The third kappa shape index (κ3) is 16.7. The van der Waals surface area contributed by atoms with Gasteiger partial charge in [-0.25, -0.2) is 0 Å². The first-order chi connectivity index (χ1) is 19.4. The molecule has 1 atom stereocenters. The summed E-state index contributed by atoms with van der Waals surface area (Å²) >= 11 is 0. The highest BCUT2D eigenvalue weighted by atomic mass is 28.5. The molecule has 1 aliphatic rings. The SMILES string of the molecule is CC(C)C[SiH]1O[SiH2]O[SiH2]O[SiH2]O[Si](CC(C)C)(CC(C)C)O[Si](CC(C)C)(CC(C)C)O[Si](CC(C)C)(CC(C)C)O1. The molecule has 0 N–H and O–H groups in total. The van der Waals surface area contributed by atoms with Gasteiger partial charge in [-0.1, -0.05) is 96.9 Å². The summed E-state index contributed by atoms with van der Waals surface area (Å²) in [5, 5.41) is 0. The Hall–Kier alpha value is 1.24. The number of rotatable bonds is 14. The Morgan fingerprint density at radius 3 is 1.26 bits per heavy atom. The van der Waals surface area contributed by atoms with Gasteiger partial charge in [-0.3, -0.25) is 0 Å². The van der Waals surface area contributed by atoms with E-state index >= 15 is 0 Å². The van der Waals surface area contributed by atoms with Gasteiger partial charge in [0.15, 0.2) is 0 Å². The highest BCUT2D eigenvalue weighted by molar-refractivity contribution is 6.89. The fourth-order valence-electron chi connectivity index (χ4n) is 6.46. The standard InChI is InChI=1S/C28H70O7Si7/c1-22(2)15-39-31-37-29-36-30-38-32-40(16-23(3)4,17-24(5)6)34-42(20-27(11)12,21-28(13)14)35-41(33-39,18-25(7)8)19-26(9)10/h22-28,39H,15-21,36-38H2,1-14H3. The number of hydrogen-bond acceptors (Lipinski definition) is 7. The summed E-state index contributed by atoms with van der Waals surface area (Å²) in [6, 6.07) is 6.83. The van der Waals surface area contributed by atoms with Gasteiger partial charge in [0, 0.05) is 0 Å². The molecular formula is C28H70O7Si7. The Kier molecular flexibility index (Phi) is 19.4. The van der Waals surface area contributed by atoms with E-state index in [1.54, 1.807) is 0 Å². The third-order valence-corrected chi connectivity index (χ3v) is 32.9. The van der Waals surface area contributed by atoms with E-state index in [0.29, 0.717) is 41.4 Å². The zero-order valence-corrected chi connectivity index (χ0v) is 38.4. The lowest BCUT2D eigenvalue weighted by Crippen LogP contribution is -2.64. The third-order valence-electron chi connectivity index (χ3n) is 6.98. The maximum atomic E-state index is 7.94. The van der Waals surface area contributed by atoms with E-state index in [1.165, 1.54) is 0 Å². The quantitative estimate of drug-likeness (QED) is 0.197. The van der Waals surface area contributed by atoms with Crippen LogP contribution in [-0.2, 0) is 28.8 Å². The van der Waals surface area contributed by atoms with Crippen molar-refractivity contribution in [2.45, 2.75) is 139 Å². The van der Waals surface area contributed by atoms with Crippen molar-refractivity contribution in [1.29, 1.82) is 0 Å². The van der Waals surface area contributed by atoms with Crippen LogP contribution in [0.5, 0.6) is 0 Å². The second-order valence-corrected chi connectivity index (χ2v) is 34.1. The van der Waals surface area contributed by atoms with Crippen LogP contribution < -0.4 is 0 Å². The molecule has 0 amide bonds. The molecule has 0 radical (unpaired) electrons. The maximum absolute atomic E-state index is 7.94. The molecular weight excluding hydrogens is 645 g/mol. The van der Waals surface area contributed by atoms with Gasteiger partial charge < -0.3 is 28.8 Å². The van der Waals surface area contributed by atoms with Crippen LogP contribution in [-0.4, -0.2) is 65.0 Å². The van der Waals surface area contributed by atoms with E-state index in [2.05, 4.69) is 96.9 Å². The smallest absolute Gasteiger partial charge is 0.321 e. The predicted molar refractivity (Wildman–Crippen MR) is 195 cm³/mol. The van der Waals surface area contributed by atoms with Crippen LogP contribution >= 0.6 is 0 Å². The van der Waals surface area contributed by atoms with E-state index in [9.17, 15) is 0 Å². The van der Waals surface area contributed by atoms with Crippen molar-refractivity contribution in [2.75, 3.05) is 0 Å². The first kappa shape index (κ1) is 41.3. The van der Waals surface area contributed by atoms with Crippen LogP contribution in [0.25, 0.3) is 0 Å². The zero-order valence-electron chi connectivity index (χ0n) is 30.0. The zero-order chi connectivity index (χ0) is 32.1. The molecule has 7 nitrogen and oxygen atoms in total. The molecule has 0 aliphatic carbocycles. The van der Waals surface area contributed by atoms with E-state index in [-0.39, 0.29) is 0 Å². The predicted octanol–water partition coefficient (Wildman–Crippen LogP) is 6.25. The van der Waals surface area contributed by atoms with E-state index in [0.717, 1.165) is 42.3 Å². The molecule has 0 spiro atoms. The van der Waals surface area contributed by atoms with Gasteiger partial charge in [-0.2, -0.15) is 0 Å². The summed E-state index contributed by atoms with van der Waals surface area (Å²) in [4.78, 5) is 0. The largest absolute Gasteiger partial charge is 0.425 e. The summed E-state index contributed by atoms with van der Waals surface area (Å²) in [6.45, 7) is 32.5. The second-order valence-electron chi connectivity index (χ2n) is 15.8. The van der Waals surface area contributed by atoms with Crippen molar-refractivity contribution < 1.29 is 28.8 Å². The molecule has 1 unspecified atom stereocenters. The van der Waals surface area contributed by atoms with Crippen molar-refractivity contribution in [3.05, 3.63) is 0 Å². The molecule has 0 bridgehead atoms. The summed E-state index contributed by atoms with van der Waals surface area (Å²) in [5.41, 5.74) is 0. The van der Waals surface area contributed by atoms with Gasteiger partial charge in [0.2, 0.25) is 0 Å². The first-order valence-corrected chi connectivity index (χ1v) is 28.8. The summed E-state index contributed by atoms with van der Waals surface area (Å²) < 4.78 is 49.2. The van der Waals surface area contributed by atoms with Gasteiger partial charge in [-0.05, 0) is 83.7 Å². The minimum absolute atomic E-state index is 0.463. The van der Waals surface area contributed by atoms with Gasteiger partial charge >= 0.3 is 35.0 Å². The second kappa shape index (κ2) is 19.8. The van der Waals surface area contributed by atoms with Gasteiger partial charge in [-0.15, -0.1) is 0 Å². The fraction of sp³-hybridized carbons (Fsp3) is 1.00. The molecule has 14 heteroatoms. The molecule has 42 heavy (non-hydrogen) atoms. The lowest BCUT2D eigenvalue weighted by Gasteiger charge is -2.49. The topological polar surface area (TPSA) is 64.6 Å². The van der Waals surface area contributed by atoms with E-state index in [1.807, 2.05) is 0 Å². The molecule has 0 aromatic carbocycles. The maximum Gasteiger partial charge on any atom is 0.321 e. The molecule has 1 fully saturated rings. The highest BCUT2D eigenvalue weighted by Crippen LogP contribution is 2.42. The van der Waals surface area contributed by atoms with Crippen molar-refractivity contribution >= 4 is 65.0 Å². The van der Waals surface area contributed by atoms with Crippen LogP contribution in [0.15, 0.2) is 0 Å². The first-order valence-electron chi connectivity index (χ1n) is 16.9. The molecule has 1 heterocycles. The van der Waals surface area contributed by atoms with Crippen molar-refractivity contribution in [2.24, 2.45) is 41.4 Å². The lowest BCUT2D eigenvalue weighted by atomic mass is 10.3. The summed E-state index contributed by atoms with van der Waals surface area (Å²) in [6.07, 6.45) is 0. The Bertz CT molecular complexity index is 697. The summed E-state index contributed by atoms with van der Waals surface area (Å²) in [5.74, 6) is 3.34. The Morgan fingerprint density at radius 1 is 0.452 bits per heavy atom. The molecule has 1 aliphatic heterocycles. The average Bonchev–Trinajstić information content (AvgIpc) is 2.73. The Labute approximate surface area is 273 Å². The fourth-order valence-corrected chi connectivity index (χ4v) is 36.5. The molecule has 1 saturated heterocycles. The minimum atomic E-state index is -2.82. The van der Waals surface area contributed by atoms with Crippen LogP contribution in [0.4, 0.5) is 0 Å². The average molecular weight is 715 g/mol. The summed E-state index contributed by atoms with van der Waals surface area (Å²) in [7, 11) is -13.8. The Balaban J connectivity index is 3.97. The number of hydrogen-bond donors (Lipinski definition) is 0. The van der Waals surface area contributed by atoms with E-state index < -0.39 is 65.0 Å². The molecule has 0 saturated carbocycles. The van der Waals surface area contributed by atoms with Crippen molar-refractivity contribution in [3.63, 3.8) is 0 Å².